The molecule has 0 bridgehead atoms. The molecule has 2 N–H and O–H groups in total. The lowest BCUT2D eigenvalue weighted by Crippen LogP contribution is -2.36. The highest BCUT2D eigenvalue weighted by Gasteiger charge is 2.13. The summed E-state index contributed by atoms with van der Waals surface area (Å²) in [5.74, 6) is -1.39. The zero-order valence-electron chi connectivity index (χ0n) is 8.97. The van der Waals surface area contributed by atoms with Gasteiger partial charge in [-0.2, -0.15) is 0 Å². The van der Waals surface area contributed by atoms with Crippen molar-refractivity contribution < 1.29 is 18.0 Å². The Morgan fingerprint density at radius 2 is 2.18 bits per heavy atom. The SMILES string of the molecule is CC(=O)NS(=O)(=O)CCNC(=O)c1cncs1. The largest absolute Gasteiger partial charge is 0.350 e. The lowest BCUT2D eigenvalue weighted by molar-refractivity contribution is -0.117. The van der Waals surface area contributed by atoms with Crippen LogP contribution in [-0.4, -0.2) is 37.5 Å². The summed E-state index contributed by atoms with van der Waals surface area (Å²) in [6.45, 7) is 1.03. The highest BCUT2D eigenvalue weighted by atomic mass is 32.2. The number of hydrogen-bond acceptors (Lipinski definition) is 6. The molecule has 17 heavy (non-hydrogen) atoms. The number of nitrogens with zero attached hydrogens (tertiary/aromatic N) is 1. The standard InChI is InChI=1S/C8H11N3O4S2/c1-6(12)11-17(14,15)3-2-10-8(13)7-4-9-5-16-7/h4-5H,2-3H2,1H3,(H,10,13)(H,11,12). The van der Waals surface area contributed by atoms with Gasteiger partial charge in [0.05, 0.1) is 17.5 Å². The van der Waals surface area contributed by atoms with Crippen LogP contribution in [0.4, 0.5) is 0 Å². The maximum absolute atomic E-state index is 11.4. The lowest BCUT2D eigenvalue weighted by Gasteiger charge is -2.05. The van der Waals surface area contributed by atoms with Gasteiger partial charge < -0.3 is 5.32 Å². The van der Waals surface area contributed by atoms with Gasteiger partial charge in [-0.1, -0.05) is 0 Å². The summed E-state index contributed by atoms with van der Waals surface area (Å²) < 4.78 is 24.2. The van der Waals surface area contributed by atoms with E-state index in [-0.39, 0.29) is 18.2 Å². The van der Waals surface area contributed by atoms with Crippen molar-refractivity contribution in [1.82, 2.24) is 15.0 Å². The number of carbonyl (C=O) groups is 2. The van der Waals surface area contributed by atoms with Crippen LogP contribution < -0.4 is 10.0 Å². The first-order valence-corrected chi connectivity index (χ1v) is 7.11. The molecule has 1 heterocycles. The predicted molar refractivity (Wildman–Crippen MR) is 62.1 cm³/mol. The Hall–Kier alpha value is -1.48. The topological polar surface area (TPSA) is 105 Å². The van der Waals surface area contributed by atoms with Gasteiger partial charge in [0.1, 0.15) is 4.88 Å². The first kappa shape index (κ1) is 13.6. The van der Waals surface area contributed by atoms with Crippen LogP contribution in [-0.2, 0) is 14.8 Å². The Bertz CT molecular complexity index is 495. The number of aromatic nitrogens is 1. The summed E-state index contributed by atoms with van der Waals surface area (Å²) in [5.41, 5.74) is 1.50. The Balaban J connectivity index is 2.38. The van der Waals surface area contributed by atoms with Gasteiger partial charge in [0.15, 0.2) is 0 Å². The van der Waals surface area contributed by atoms with E-state index < -0.39 is 15.9 Å². The smallest absolute Gasteiger partial charge is 0.263 e. The van der Waals surface area contributed by atoms with Crippen molar-refractivity contribution in [3.05, 3.63) is 16.6 Å². The van der Waals surface area contributed by atoms with Crippen molar-refractivity contribution in [2.24, 2.45) is 0 Å². The molecule has 1 aromatic rings. The zero-order valence-corrected chi connectivity index (χ0v) is 10.6. The fourth-order valence-electron chi connectivity index (χ4n) is 0.984. The highest BCUT2D eigenvalue weighted by Crippen LogP contribution is 2.04. The minimum Gasteiger partial charge on any atom is -0.350 e. The van der Waals surface area contributed by atoms with Crippen LogP contribution >= 0.6 is 11.3 Å². The van der Waals surface area contributed by atoms with Crippen LogP contribution in [0.15, 0.2) is 11.7 Å². The van der Waals surface area contributed by atoms with Crippen molar-refractivity contribution in [2.75, 3.05) is 12.3 Å². The third-order valence-corrected chi connectivity index (χ3v) is 3.72. The fourth-order valence-corrected chi connectivity index (χ4v) is 2.43. The van der Waals surface area contributed by atoms with Crippen LogP contribution in [0.3, 0.4) is 0 Å². The monoisotopic (exact) mass is 277 g/mol. The van der Waals surface area contributed by atoms with Crippen molar-refractivity contribution in [3.63, 3.8) is 0 Å². The van der Waals surface area contributed by atoms with Gasteiger partial charge in [0.2, 0.25) is 15.9 Å². The third-order valence-electron chi connectivity index (χ3n) is 1.61. The van der Waals surface area contributed by atoms with E-state index in [9.17, 15) is 18.0 Å². The van der Waals surface area contributed by atoms with E-state index in [1.807, 2.05) is 0 Å². The van der Waals surface area contributed by atoms with Gasteiger partial charge >= 0.3 is 0 Å². The number of amides is 2. The Kier molecular flexibility index (Phi) is 4.58. The summed E-state index contributed by atoms with van der Waals surface area (Å²) in [4.78, 5) is 26.1. The average molecular weight is 277 g/mol. The van der Waals surface area contributed by atoms with E-state index in [1.165, 1.54) is 11.7 Å². The van der Waals surface area contributed by atoms with E-state index in [0.29, 0.717) is 4.88 Å². The number of thiazole rings is 1. The molecule has 7 nitrogen and oxygen atoms in total. The molecule has 0 fully saturated rings. The molecular weight excluding hydrogens is 266 g/mol. The second kappa shape index (κ2) is 5.73. The molecule has 0 atom stereocenters. The molecule has 0 aromatic carbocycles. The van der Waals surface area contributed by atoms with Crippen LogP contribution in [0.1, 0.15) is 16.6 Å². The zero-order chi connectivity index (χ0) is 12.9. The van der Waals surface area contributed by atoms with E-state index in [4.69, 9.17) is 0 Å². The molecule has 0 radical (unpaired) electrons. The molecule has 0 aliphatic carbocycles. The van der Waals surface area contributed by atoms with Crippen LogP contribution in [0.25, 0.3) is 0 Å². The van der Waals surface area contributed by atoms with Crippen molar-refractivity contribution in [1.29, 1.82) is 0 Å². The van der Waals surface area contributed by atoms with Crippen LogP contribution in [0.5, 0.6) is 0 Å². The molecule has 1 aromatic heterocycles. The van der Waals surface area contributed by atoms with Crippen LogP contribution in [0, 0.1) is 0 Å². The molecule has 0 aliphatic heterocycles. The summed E-state index contributed by atoms with van der Waals surface area (Å²) in [5, 5.41) is 2.42. The van der Waals surface area contributed by atoms with Gasteiger partial charge in [0.25, 0.3) is 5.91 Å². The predicted octanol–water partition coefficient (Wildman–Crippen LogP) is -0.661. The van der Waals surface area contributed by atoms with E-state index in [0.717, 1.165) is 18.3 Å². The first-order valence-electron chi connectivity index (χ1n) is 4.58. The normalized spacial score (nSPS) is 10.9. The van der Waals surface area contributed by atoms with Gasteiger partial charge in [-0.05, 0) is 0 Å². The van der Waals surface area contributed by atoms with E-state index in [1.54, 1.807) is 4.72 Å². The second-order valence-electron chi connectivity index (χ2n) is 3.10. The minimum absolute atomic E-state index is 0.0701. The molecule has 94 valence electrons. The van der Waals surface area contributed by atoms with Crippen LogP contribution in [0.2, 0.25) is 0 Å². The highest BCUT2D eigenvalue weighted by molar-refractivity contribution is 7.90. The summed E-state index contributed by atoms with van der Waals surface area (Å²) in [6.07, 6.45) is 1.39. The van der Waals surface area contributed by atoms with Gasteiger partial charge in [-0.3, -0.25) is 19.3 Å². The molecule has 1 rings (SSSR count). The average Bonchev–Trinajstić information content (AvgIpc) is 2.67. The number of hydrogen-bond donors (Lipinski definition) is 2. The van der Waals surface area contributed by atoms with Gasteiger partial charge in [-0.15, -0.1) is 11.3 Å². The van der Waals surface area contributed by atoms with Crippen molar-refractivity contribution in [2.45, 2.75) is 6.92 Å². The fraction of sp³-hybridized carbons (Fsp3) is 0.375. The molecule has 0 saturated heterocycles. The molecule has 9 heteroatoms. The maximum atomic E-state index is 11.4. The molecule has 0 unspecified atom stereocenters. The third kappa shape index (κ3) is 4.91. The van der Waals surface area contributed by atoms with E-state index >= 15 is 0 Å². The Labute approximate surface area is 102 Å². The number of rotatable bonds is 5. The second-order valence-corrected chi connectivity index (χ2v) is 5.83. The van der Waals surface area contributed by atoms with Crippen molar-refractivity contribution >= 4 is 33.2 Å². The van der Waals surface area contributed by atoms with E-state index in [2.05, 4.69) is 10.3 Å². The Morgan fingerprint density at radius 3 is 2.71 bits per heavy atom. The quantitative estimate of drug-likeness (QED) is 0.743. The first-order chi connectivity index (χ1) is 7.91. The van der Waals surface area contributed by atoms with Gasteiger partial charge in [0, 0.05) is 13.5 Å². The summed E-state index contributed by atoms with van der Waals surface area (Å²) >= 11 is 1.16. The minimum atomic E-state index is -3.67. The summed E-state index contributed by atoms with van der Waals surface area (Å²) in [7, 11) is -3.67. The maximum Gasteiger partial charge on any atom is 0.263 e. The van der Waals surface area contributed by atoms with Crippen molar-refractivity contribution in [3.8, 4) is 0 Å². The molecule has 0 spiro atoms. The molecule has 2 amide bonds. The number of carbonyl (C=O) groups excluding carboxylic acids is 2. The number of nitrogens with one attached hydrogen (secondary N) is 2. The Morgan fingerprint density at radius 1 is 1.47 bits per heavy atom. The molecular formula is C8H11N3O4S2. The van der Waals surface area contributed by atoms with Gasteiger partial charge in [-0.25, -0.2) is 8.42 Å². The lowest BCUT2D eigenvalue weighted by atomic mass is 10.5. The number of sulfonamides is 1. The summed E-state index contributed by atoms with van der Waals surface area (Å²) in [6, 6.07) is 0. The molecule has 0 saturated carbocycles. The molecule has 0 aliphatic rings.